The van der Waals surface area contributed by atoms with E-state index in [2.05, 4.69) is 27.6 Å². The van der Waals surface area contributed by atoms with E-state index < -0.39 is 0 Å². The zero-order chi connectivity index (χ0) is 15.8. The third kappa shape index (κ3) is 15.9. The number of hydrogen-bond acceptors (Lipinski definition) is 0. The van der Waals surface area contributed by atoms with Crippen LogP contribution in [0.25, 0.3) is 0 Å². The Kier molecular flexibility index (Phi) is 14.4. The van der Waals surface area contributed by atoms with E-state index in [4.69, 9.17) is 0 Å². The van der Waals surface area contributed by atoms with Crippen LogP contribution < -0.4 is 0 Å². The van der Waals surface area contributed by atoms with Crippen LogP contribution in [0.2, 0.25) is 0 Å². The van der Waals surface area contributed by atoms with Crippen LogP contribution in [0, 0.1) is 0 Å². The average Bonchev–Trinajstić information content (AvgIpc) is 2.45. The summed E-state index contributed by atoms with van der Waals surface area (Å²) in [5.74, 6) is 0. The molecule has 0 aromatic rings. The first-order chi connectivity index (χ1) is 10.1. The van der Waals surface area contributed by atoms with Crippen LogP contribution in [0.5, 0.6) is 0 Å². The lowest BCUT2D eigenvalue weighted by molar-refractivity contribution is -0.890. The molecule has 1 heteroatoms. The third-order valence-corrected chi connectivity index (χ3v) is 4.54. The molecule has 0 saturated heterocycles. The van der Waals surface area contributed by atoms with E-state index in [-0.39, 0.29) is 0 Å². The summed E-state index contributed by atoms with van der Waals surface area (Å²) in [6.07, 6.45) is 20.3. The fraction of sp³-hybridized carbons (Fsp3) is 0.900. The highest BCUT2D eigenvalue weighted by Gasteiger charge is 2.13. The van der Waals surface area contributed by atoms with E-state index >= 15 is 0 Å². The second-order valence-electron chi connectivity index (χ2n) is 7.35. The lowest BCUT2D eigenvalue weighted by Gasteiger charge is -2.29. The summed E-state index contributed by atoms with van der Waals surface area (Å²) in [5.41, 5.74) is 0. The van der Waals surface area contributed by atoms with Crippen molar-refractivity contribution in [2.24, 2.45) is 0 Å². The number of allylic oxidation sites excluding steroid dienone is 1. The van der Waals surface area contributed by atoms with E-state index in [9.17, 15) is 0 Å². The molecule has 0 aliphatic carbocycles. The summed E-state index contributed by atoms with van der Waals surface area (Å²) in [7, 11) is 4.78. The number of rotatable bonds is 16. The molecular weight excluding hydrogens is 254 g/mol. The molecule has 0 amide bonds. The van der Waals surface area contributed by atoms with Crippen LogP contribution in [0.1, 0.15) is 90.4 Å². The van der Waals surface area contributed by atoms with Crippen LogP contribution in [0.3, 0.4) is 0 Å². The minimum atomic E-state index is 1.18. The lowest BCUT2D eigenvalue weighted by atomic mass is 10.1. The van der Waals surface area contributed by atoms with Crippen LogP contribution >= 0.6 is 0 Å². The first-order valence-electron chi connectivity index (χ1n) is 9.55. The number of quaternary nitrogens is 1. The highest BCUT2D eigenvalue weighted by atomic mass is 15.3. The molecule has 0 rings (SSSR count). The maximum Gasteiger partial charge on any atom is 0.0782 e. The Balaban J connectivity index is 3.30. The van der Waals surface area contributed by atoms with Gasteiger partial charge in [-0.2, -0.15) is 0 Å². The summed E-state index contributed by atoms with van der Waals surface area (Å²) < 4.78 is 1.20. The summed E-state index contributed by atoms with van der Waals surface area (Å²) in [6, 6.07) is 0. The van der Waals surface area contributed by atoms with Crippen molar-refractivity contribution in [1.82, 2.24) is 0 Å². The summed E-state index contributed by atoms with van der Waals surface area (Å²) in [6.45, 7) is 8.76. The number of nitrogens with zero attached hydrogens (tertiary/aromatic N) is 1. The molecule has 126 valence electrons. The third-order valence-electron chi connectivity index (χ3n) is 4.54. The van der Waals surface area contributed by atoms with Crippen LogP contribution in [0.4, 0.5) is 0 Å². The van der Waals surface area contributed by atoms with E-state index in [0.717, 1.165) is 0 Å². The van der Waals surface area contributed by atoms with E-state index in [1.165, 1.54) is 101 Å². The minimum absolute atomic E-state index is 1.18. The fourth-order valence-corrected chi connectivity index (χ4v) is 2.97. The molecule has 0 bridgehead atoms. The van der Waals surface area contributed by atoms with Gasteiger partial charge in [-0.05, 0) is 32.1 Å². The van der Waals surface area contributed by atoms with Gasteiger partial charge in [0.2, 0.25) is 0 Å². The Labute approximate surface area is 135 Å². The van der Waals surface area contributed by atoms with Gasteiger partial charge >= 0.3 is 0 Å². The molecule has 1 nitrogen and oxygen atoms in total. The Hall–Kier alpha value is -0.300. The van der Waals surface area contributed by atoms with Crippen molar-refractivity contribution in [1.29, 1.82) is 0 Å². The molecule has 0 heterocycles. The Morgan fingerprint density at radius 1 is 0.667 bits per heavy atom. The Morgan fingerprint density at radius 2 is 1.10 bits per heavy atom. The van der Waals surface area contributed by atoms with Gasteiger partial charge in [-0.1, -0.05) is 64.4 Å². The standard InChI is InChI=1S/C20H42N/c1-5-7-9-11-12-13-14-15-16-18-20-21(3,4)19-17-10-8-6-2/h6H,2,5,7-20H2,1,3-4H3/q+1. The summed E-state index contributed by atoms with van der Waals surface area (Å²) in [5, 5.41) is 0. The van der Waals surface area contributed by atoms with Crippen molar-refractivity contribution in [3.8, 4) is 0 Å². The van der Waals surface area contributed by atoms with Crippen LogP contribution in [0.15, 0.2) is 12.7 Å². The maximum absolute atomic E-state index is 3.80. The Bertz CT molecular complexity index is 220. The zero-order valence-electron chi connectivity index (χ0n) is 15.3. The van der Waals surface area contributed by atoms with Gasteiger partial charge in [0.1, 0.15) is 0 Å². The molecule has 0 aromatic heterocycles. The van der Waals surface area contributed by atoms with Crippen molar-refractivity contribution < 1.29 is 4.48 Å². The molecule has 0 saturated carbocycles. The average molecular weight is 297 g/mol. The molecule has 21 heavy (non-hydrogen) atoms. The Morgan fingerprint density at radius 3 is 1.57 bits per heavy atom. The first kappa shape index (κ1) is 20.7. The molecule has 0 radical (unpaired) electrons. The van der Waals surface area contributed by atoms with Crippen molar-refractivity contribution in [2.75, 3.05) is 27.2 Å². The topological polar surface area (TPSA) is 0 Å². The predicted octanol–water partition coefficient (Wildman–Crippen LogP) is 6.34. The summed E-state index contributed by atoms with van der Waals surface area (Å²) >= 11 is 0. The predicted molar refractivity (Wildman–Crippen MR) is 97.7 cm³/mol. The number of unbranched alkanes of at least 4 members (excludes halogenated alkanes) is 11. The van der Waals surface area contributed by atoms with E-state index in [1.54, 1.807) is 0 Å². The van der Waals surface area contributed by atoms with Gasteiger partial charge in [0.05, 0.1) is 27.2 Å². The van der Waals surface area contributed by atoms with Gasteiger partial charge in [-0.15, -0.1) is 6.58 Å². The van der Waals surface area contributed by atoms with E-state index in [0.29, 0.717) is 0 Å². The van der Waals surface area contributed by atoms with Crippen molar-refractivity contribution in [2.45, 2.75) is 90.4 Å². The van der Waals surface area contributed by atoms with Gasteiger partial charge in [0, 0.05) is 0 Å². The number of hydrogen-bond donors (Lipinski definition) is 0. The maximum atomic E-state index is 3.80. The molecule has 0 unspecified atom stereocenters. The monoisotopic (exact) mass is 296 g/mol. The SMILES string of the molecule is C=CCCCC[N+](C)(C)CCCCCCCCCCCC. The second kappa shape index (κ2) is 14.6. The van der Waals surface area contributed by atoms with Gasteiger partial charge in [0.25, 0.3) is 0 Å². The molecule has 0 aromatic carbocycles. The van der Waals surface area contributed by atoms with Gasteiger partial charge in [-0.25, -0.2) is 0 Å². The summed E-state index contributed by atoms with van der Waals surface area (Å²) in [4.78, 5) is 0. The molecular formula is C20H42N+. The normalized spacial score (nSPS) is 11.8. The molecule has 0 fully saturated rings. The van der Waals surface area contributed by atoms with Crippen molar-refractivity contribution >= 4 is 0 Å². The molecule has 0 spiro atoms. The van der Waals surface area contributed by atoms with Gasteiger partial charge < -0.3 is 4.48 Å². The van der Waals surface area contributed by atoms with Crippen LogP contribution in [-0.2, 0) is 0 Å². The quantitative estimate of drug-likeness (QED) is 0.177. The van der Waals surface area contributed by atoms with Crippen molar-refractivity contribution in [3.05, 3.63) is 12.7 Å². The highest BCUT2D eigenvalue weighted by Crippen LogP contribution is 2.12. The fourth-order valence-electron chi connectivity index (χ4n) is 2.97. The van der Waals surface area contributed by atoms with Crippen LogP contribution in [-0.4, -0.2) is 31.7 Å². The van der Waals surface area contributed by atoms with E-state index in [1.807, 2.05) is 6.08 Å². The van der Waals surface area contributed by atoms with Gasteiger partial charge in [-0.3, -0.25) is 0 Å². The lowest BCUT2D eigenvalue weighted by Crippen LogP contribution is -2.41. The second-order valence-corrected chi connectivity index (χ2v) is 7.35. The van der Waals surface area contributed by atoms with Crippen molar-refractivity contribution in [3.63, 3.8) is 0 Å². The zero-order valence-corrected chi connectivity index (χ0v) is 15.3. The molecule has 0 aliphatic heterocycles. The van der Waals surface area contributed by atoms with Gasteiger partial charge in [0.15, 0.2) is 0 Å². The minimum Gasteiger partial charge on any atom is -0.328 e. The molecule has 0 N–H and O–H groups in total. The first-order valence-corrected chi connectivity index (χ1v) is 9.55. The smallest absolute Gasteiger partial charge is 0.0782 e. The highest BCUT2D eigenvalue weighted by molar-refractivity contribution is 4.65. The molecule has 0 atom stereocenters. The largest absolute Gasteiger partial charge is 0.328 e. The molecule has 0 aliphatic rings.